The Morgan fingerprint density at radius 2 is 1.60 bits per heavy atom. The van der Waals surface area contributed by atoms with Crippen LogP contribution in [0.2, 0.25) is 0 Å². The fourth-order valence-electron chi connectivity index (χ4n) is 0.392. The van der Waals surface area contributed by atoms with Gasteiger partial charge in [0.2, 0.25) is 0 Å². The first-order chi connectivity index (χ1) is 4.33. The summed E-state index contributed by atoms with van der Waals surface area (Å²) in [4.78, 5) is 0. The van der Waals surface area contributed by atoms with E-state index in [1.54, 1.807) is 13.8 Å². The lowest BCUT2D eigenvalue weighted by atomic mass is 10.2. The number of ether oxygens (including phenoxy) is 1. The standard InChI is InChI=1S/C8H16O2/c1-6(2)7(9)10-8(3,4)5/h9H,1-5H3. The molecule has 0 atom stereocenters. The number of aliphatic hydroxyl groups is 1. The molecule has 0 aromatic rings. The van der Waals surface area contributed by atoms with E-state index in [9.17, 15) is 0 Å². The zero-order valence-electron chi connectivity index (χ0n) is 7.36. The molecule has 0 heterocycles. The number of hydrogen-bond acceptors (Lipinski definition) is 2. The second-order valence-corrected chi connectivity index (χ2v) is 3.52. The maximum absolute atomic E-state index is 9.12. The molecule has 10 heavy (non-hydrogen) atoms. The van der Waals surface area contributed by atoms with Crippen molar-refractivity contribution in [3.63, 3.8) is 0 Å². The van der Waals surface area contributed by atoms with Gasteiger partial charge in [0.25, 0.3) is 5.95 Å². The van der Waals surface area contributed by atoms with Gasteiger partial charge in [-0.2, -0.15) is 0 Å². The summed E-state index contributed by atoms with van der Waals surface area (Å²) >= 11 is 0. The first-order valence-electron chi connectivity index (χ1n) is 3.38. The van der Waals surface area contributed by atoms with Crippen LogP contribution in [0.1, 0.15) is 34.6 Å². The maximum atomic E-state index is 9.12. The first-order valence-corrected chi connectivity index (χ1v) is 3.38. The SMILES string of the molecule is CC(C)=C(O)OC(C)(C)C. The zero-order valence-corrected chi connectivity index (χ0v) is 7.36. The van der Waals surface area contributed by atoms with Gasteiger partial charge in [0.05, 0.1) is 0 Å². The van der Waals surface area contributed by atoms with Crippen LogP contribution in [0.5, 0.6) is 0 Å². The molecule has 2 nitrogen and oxygen atoms in total. The summed E-state index contributed by atoms with van der Waals surface area (Å²) in [7, 11) is 0. The van der Waals surface area contributed by atoms with Crippen LogP contribution in [0.15, 0.2) is 11.5 Å². The molecule has 0 spiro atoms. The van der Waals surface area contributed by atoms with Crippen LogP contribution in [0.3, 0.4) is 0 Å². The minimum Gasteiger partial charge on any atom is -0.481 e. The molecule has 0 rings (SSSR count). The molecule has 1 N–H and O–H groups in total. The summed E-state index contributed by atoms with van der Waals surface area (Å²) in [6.45, 7) is 9.30. The lowest BCUT2D eigenvalue weighted by molar-refractivity contribution is -0.0171. The van der Waals surface area contributed by atoms with E-state index in [0.29, 0.717) is 0 Å². The van der Waals surface area contributed by atoms with E-state index in [0.717, 1.165) is 5.57 Å². The van der Waals surface area contributed by atoms with Crippen LogP contribution in [0.25, 0.3) is 0 Å². The molecule has 0 saturated heterocycles. The average molecular weight is 144 g/mol. The van der Waals surface area contributed by atoms with Gasteiger partial charge >= 0.3 is 0 Å². The van der Waals surface area contributed by atoms with E-state index in [1.165, 1.54) is 0 Å². The third-order valence-electron chi connectivity index (χ3n) is 0.831. The Morgan fingerprint density at radius 1 is 1.20 bits per heavy atom. The van der Waals surface area contributed by atoms with Crippen molar-refractivity contribution in [3.8, 4) is 0 Å². The predicted molar refractivity (Wildman–Crippen MR) is 41.8 cm³/mol. The van der Waals surface area contributed by atoms with Crippen LogP contribution in [0.4, 0.5) is 0 Å². The molecule has 0 aromatic carbocycles. The van der Waals surface area contributed by atoms with Gasteiger partial charge in [0, 0.05) is 5.57 Å². The van der Waals surface area contributed by atoms with Gasteiger partial charge in [-0.1, -0.05) is 0 Å². The summed E-state index contributed by atoms with van der Waals surface area (Å²) in [5.74, 6) is 0.0347. The Labute approximate surface area is 62.5 Å². The van der Waals surface area contributed by atoms with Crippen LogP contribution in [-0.2, 0) is 4.74 Å². The monoisotopic (exact) mass is 144 g/mol. The van der Waals surface area contributed by atoms with Crippen molar-refractivity contribution in [2.75, 3.05) is 0 Å². The van der Waals surface area contributed by atoms with Gasteiger partial charge in [-0.05, 0) is 34.6 Å². The largest absolute Gasteiger partial charge is 0.481 e. The molecule has 60 valence electrons. The summed E-state index contributed by atoms with van der Waals surface area (Å²) in [5, 5.41) is 9.12. The average Bonchev–Trinajstić information content (AvgIpc) is 1.60. The van der Waals surface area contributed by atoms with E-state index >= 15 is 0 Å². The molecule has 0 aromatic heterocycles. The van der Waals surface area contributed by atoms with Crippen molar-refractivity contribution < 1.29 is 9.84 Å². The third kappa shape index (κ3) is 4.24. The predicted octanol–water partition coefficient (Wildman–Crippen LogP) is 2.61. The third-order valence-corrected chi connectivity index (χ3v) is 0.831. The van der Waals surface area contributed by atoms with Crippen LogP contribution in [0, 0.1) is 0 Å². The molecule has 0 bridgehead atoms. The van der Waals surface area contributed by atoms with E-state index in [4.69, 9.17) is 9.84 Å². The molecule has 0 aliphatic heterocycles. The first kappa shape index (κ1) is 9.34. The molecule has 0 fully saturated rings. The van der Waals surface area contributed by atoms with E-state index in [-0.39, 0.29) is 11.5 Å². The van der Waals surface area contributed by atoms with Crippen molar-refractivity contribution in [2.24, 2.45) is 0 Å². The Hall–Kier alpha value is -0.660. The van der Waals surface area contributed by atoms with Gasteiger partial charge in [-0.3, -0.25) is 0 Å². The second kappa shape index (κ2) is 2.95. The Bertz CT molecular complexity index is 136. The van der Waals surface area contributed by atoms with Crippen molar-refractivity contribution in [2.45, 2.75) is 40.2 Å². The summed E-state index contributed by atoms with van der Waals surface area (Å²) in [5.41, 5.74) is 0.497. The highest BCUT2D eigenvalue weighted by Crippen LogP contribution is 2.13. The molecule has 0 amide bonds. The fourth-order valence-corrected chi connectivity index (χ4v) is 0.392. The highest BCUT2D eigenvalue weighted by Gasteiger charge is 2.12. The van der Waals surface area contributed by atoms with Gasteiger partial charge in [0.1, 0.15) is 5.60 Å². The summed E-state index contributed by atoms with van der Waals surface area (Å²) in [6, 6.07) is 0. The number of rotatable bonds is 1. The van der Waals surface area contributed by atoms with Gasteiger partial charge < -0.3 is 9.84 Å². The van der Waals surface area contributed by atoms with Crippen LogP contribution in [-0.4, -0.2) is 10.7 Å². The number of aliphatic hydroxyl groups excluding tert-OH is 1. The Balaban J connectivity index is 4.06. The van der Waals surface area contributed by atoms with E-state index in [1.807, 2.05) is 20.8 Å². The van der Waals surface area contributed by atoms with Crippen molar-refractivity contribution in [1.29, 1.82) is 0 Å². The lowest BCUT2D eigenvalue weighted by Gasteiger charge is -2.20. The van der Waals surface area contributed by atoms with Crippen molar-refractivity contribution in [3.05, 3.63) is 11.5 Å². The van der Waals surface area contributed by atoms with Gasteiger partial charge in [-0.15, -0.1) is 0 Å². The van der Waals surface area contributed by atoms with Crippen LogP contribution < -0.4 is 0 Å². The van der Waals surface area contributed by atoms with E-state index < -0.39 is 0 Å². The molecule has 0 unspecified atom stereocenters. The van der Waals surface area contributed by atoms with Crippen molar-refractivity contribution >= 4 is 0 Å². The quantitative estimate of drug-likeness (QED) is 0.573. The van der Waals surface area contributed by atoms with Crippen molar-refractivity contribution in [1.82, 2.24) is 0 Å². The molecule has 0 radical (unpaired) electrons. The number of allylic oxidation sites excluding steroid dienone is 1. The smallest absolute Gasteiger partial charge is 0.275 e. The van der Waals surface area contributed by atoms with E-state index in [2.05, 4.69) is 0 Å². The lowest BCUT2D eigenvalue weighted by Crippen LogP contribution is -2.18. The Kier molecular flexibility index (Phi) is 2.76. The van der Waals surface area contributed by atoms with Gasteiger partial charge in [-0.25, -0.2) is 0 Å². The molecule has 0 aliphatic rings. The zero-order chi connectivity index (χ0) is 8.36. The van der Waals surface area contributed by atoms with Crippen LogP contribution >= 0.6 is 0 Å². The highest BCUT2D eigenvalue weighted by molar-refractivity contribution is 4.94. The summed E-state index contributed by atoms with van der Waals surface area (Å²) in [6.07, 6.45) is 0. The topological polar surface area (TPSA) is 29.5 Å². The summed E-state index contributed by atoms with van der Waals surface area (Å²) < 4.78 is 5.13. The normalized spacial score (nSPS) is 10.9. The Morgan fingerprint density at radius 3 is 1.70 bits per heavy atom. The van der Waals surface area contributed by atoms with Gasteiger partial charge in [0.15, 0.2) is 0 Å². The molecule has 2 heteroatoms. The number of hydrogen-bond donors (Lipinski definition) is 1. The molecule has 0 aliphatic carbocycles. The minimum atomic E-state index is -0.304. The maximum Gasteiger partial charge on any atom is 0.275 e. The fraction of sp³-hybridized carbons (Fsp3) is 0.750. The molecule has 0 saturated carbocycles. The highest BCUT2D eigenvalue weighted by atomic mass is 16.6. The molecular weight excluding hydrogens is 128 g/mol. The second-order valence-electron chi connectivity index (χ2n) is 3.52. The molecular formula is C8H16O2. The minimum absolute atomic E-state index is 0.0347.